The number of hydrogen-bond acceptors (Lipinski definition) is 5. The molecule has 29 heavy (non-hydrogen) atoms. The molecule has 1 fully saturated rings. The number of nitrogens with one attached hydrogen (secondary N) is 2. The van der Waals surface area contributed by atoms with Crippen LogP contribution in [-0.2, 0) is 22.6 Å². The molecule has 0 saturated carbocycles. The molecule has 0 aliphatic carbocycles. The molecular weight excluding hydrogens is 373 g/mol. The van der Waals surface area contributed by atoms with Gasteiger partial charge in [-0.15, -0.1) is 0 Å². The summed E-state index contributed by atoms with van der Waals surface area (Å²) in [6, 6.07) is 11.9. The van der Waals surface area contributed by atoms with E-state index >= 15 is 0 Å². The van der Waals surface area contributed by atoms with Crippen LogP contribution < -0.4 is 15.4 Å². The van der Waals surface area contributed by atoms with Crippen LogP contribution in [0.25, 0.3) is 11.1 Å². The second-order valence-corrected chi connectivity index (χ2v) is 7.23. The molecule has 2 aliphatic rings. The van der Waals surface area contributed by atoms with E-state index in [9.17, 15) is 14.4 Å². The highest BCUT2D eigenvalue weighted by Gasteiger charge is 2.24. The van der Waals surface area contributed by atoms with E-state index in [1.165, 1.54) is 12.1 Å². The molecule has 2 atom stereocenters. The number of nitrogens with zero attached hydrogens (tertiary/aromatic N) is 1. The molecule has 2 aromatic carbocycles. The predicted molar refractivity (Wildman–Crippen MR) is 105 cm³/mol. The van der Waals surface area contributed by atoms with Gasteiger partial charge in [0.1, 0.15) is 30.3 Å². The molecule has 2 heterocycles. The van der Waals surface area contributed by atoms with Crippen molar-refractivity contribution in [2.75, 3.05) is 19.7 Å². The minimum absolute atomic E-state index is 0.275. The van der Waals surface area contributed by atoms with Crippen molar-refractivity contribution < 1.29 is 18.7 Å². The molecule has 2 aliphatic heterocycles. The van der Waals surface area contributed by atoms with Crippen molar-refractivity contribution in [3.8, 4) is 22.9 Å². The Morgan fingerprint density at radius 1 is 1.31 bits per heavy atom. The van der Waals surface area contributed by atoms with E-state index in [1.807, 2.05) is 18.2 Å². The van der Waals surface area contributed by atoms with Gasteiger partial charge in [-0.05, 0) is 41.8 Å². The molecule has 0 spiro atoms. The van der Waals surface area contributed by atoms with Crippen molar-refractivity contribution in [1.29, 1.82) is 5.26 Å². The third-order valence-electron chi connectivity index (χ3n) is 5.14. The Hall–Kier alpha value is -2.95. The molecule has 0 bridgehead atoms. The van der Waals surface area contributed by atoms with Crippen LogP contribution in [0.2, 0.25) is 0 Å². The van der Waals surface area contributed by atoms with E-state index < -0.39 is 12.1 Å². The maximum atomic E-state index is 13.4. The second kappa shape index (κ2) is 8.60. The minimum atomic E-state index is -0.654. The topological polar surface area (TPSA) is 83.4 Å². The van der Waals surface area contributed by atoms with Crippen LogP contribution >= 0.6 is 0 Å². The van der Waals surface area contributed by atoms with Crippen LogP contribution in [0.1, 0.15) is 17.5 Å². The molecule has 2 aromatic rings. The molecule has 4 rings (SSSR count). The summed E-state index contributed by atoms with van der Waals surface area (Å²) in [7, 11) is 0. The first-order valence-electron chi connectivity index (χ1n) is 9.71. The third-order valence-corrected chi connectivity index (χ3v) is 5.14. The summed E-state index contributed by atoms with van der Waals surface area (Å²) in [6.07, 6.45) is 0.659. The van der Waals surface area contributed by atoms with Crippen LogP contribution in [0.4, 0.5) is 4.39 Å². The predicted octanol–water partition coefficient (Wildman–Crippen LogP) is 2.31. The standard InChI is InChI=1S/C22H22FN3O3/c23-16-3-5-19-18-4-2-14(8-15(18)13-29-20(19)10-16)9-17(11-24)26-22(27)21-12-25-6-1-7-28-21/h2-5,8,10,17,21,25H,1,6-7,9,12-13H2,(H,26,27)/t17-,21-/m0/s1. The summed E-state index contributed by atoms with van der Waals surface area (Å²) < 4.78 is 24.6. The van der Waals surface area contributed by atoms with Gasteiger partial charge in [0, 0.05) is 31.2 Å². The molecule has 0 unspecified atom stereocenters. The fourth-order valence-electron chi connectivity index (χ4n) is 3.66. The zero-order valence-corrected chi connectivity index (χ0v) is 15.9. The Morgan fingerprint density at radius 2 is 2.17 bits per heavy atom. The van der Waals surface area contributed by atoms with E-state index in [-0.39, 0.29) is 11.7 Å². The maximum Gasteiger partial charge on any atom is 0.251 e. The van der Waals surface area contributed by atoms with E-state index in [1.54, 1.807) is 6.07 Å². The normalized spacial score (nSPS) is 19.0. The smallest absolute Gasteiger partial charge is 0.251 e. The first-order valence-corrected chi connectivity index (χ1v) is 9.71. The number of fused-ring (bicyclic) bond motifs is 3. The Balaban J connectivity index is 1.46. The summed E-state index contributed by atoms with van der Waals surface area (Å²) in [6.45, 7) is 2.13. The third kappa shape index (κ3) is 4.39. The van der Waals surface area contributed by atoms with Crippen molar-refractivity contribution in [2.24, 2.45) is 0 Å². The molecule has 7 heteroatoms. The monoisotopic (exact) mass is 395 g/mol. The molecule has 6 nitrogen and oxygen atoms in total. The number of halogens is 1. The lowest BCUT2D eigenvalue weighted by Gasteiger charge is -2.22. The van der Waals surface area contributed by atoms with Crippen LogP contribution in [-0.4, -0.2) is 37.7 Å². The van der Waals surface area contributed by atoms with Crippen LogP contribution in [0, 0.1) is 17.1 Å². The number of carbonyl (C=O) groups excluding carboxylic acids is 1. The lowest BCUT2D eigenvalue weighted by Crippen LogP contribution is -2.46. The number of rotatable bonds is 4. The number of nitriles is 1. The van der Waals surface area contributed by atoms with Gasteiger partial charge in [-0.1, -0.05) is 18.2 Å². The summed E-state index contributed by atoms with van der Waals surface area (Å²) in [5.74, 6) is -0.0723. The Kier molecular flexibility index (Phi) is 5.74. The summed E-state index contributed by atoms with van der Waals surface area (Å²) in [5.41, 5.74) is 3.73. The van der Waals surface area contributed by atoms with Crippen molar-refractivity contribution in [2.45, 2.75) is 31.6 Å². The Bertz CT molecular complexity index is 949. The van der Waals surface area contributed by atoms with Gasteiger partial charge in [-0.25, -0.2) is 4.39 Å². The van der Waals surface area contributed by atoms with Gasteiger partial charge >= 0.3 is 0 Å². The first-order chi connectivity index (χ1) is 14.1. The highest BCUT2D eigenvalue weighted by Crippen LogP contribution is 2.38. The van der Waals surface area contributed by atoms with Crippen molar-refractivity contribution in [3.05, 3.63) is 53.3 Å². The fourth-order valence-corrected chi connectivity index (χ4v) is 3.66. The largest absolute Gasteiger partial charge is 0.488 e. The lowest BCUT2D eigenvalue weighted by molar-refractivity contribution is -0.132. The van der Waals surface area contributed by atoms with Crippen molar-refractivity contribution in [3.63, 3.8) is 0 Å². The van der Waals surface area contributed by atoms with Crippen molar-refractivity contribution in [1.82, 2.24) is 10.6 Å². The quantitative estimate of drug-likeness (QED) is 0.830. The highest BCUT2D eigenvalue weighted by atomic mass is 19.1. The summed E-state index contributed by atoms with van der Waals surface area (Å²) >= 11 is 0. The molecule has 1 amide bonds. The fraction of sp³-hybridized carbons (Fsp3) is 0.364. The van der Waals surface area contributed by atoms with Gasteiger partial charge in [0.05, 0.1) is 6.07 Å². The zero-order valence-electron chi connectivity index (χ0n) is 15.9. The number of carbonyl (C=O) groups is 1. The van der Waals surface area contributed by atoms with Crippen LogP contribution in [0.15, 0.2) is 36.4 Å². The van der Waals surface area contributed by atoms with E-state index in [0.29, 0.717) is 31.9 Å². The number of hydrogen-bond donors (Lipinski definition) is 2. The first kappa shape index (κ1) is 19.4. The van der Waals surface area contributed by atoms with Gasteiger partial charge in [0.25, 0.3) is 5.91 Å². The van der Waals surface area contributed by atoms with E-state index in [2.05, 4.69) is 16.7 Å². The van der Waals surface area contributed by atoms with Gasteiger partial charge in [0.15, 0.2) is 0 Å². The van der Waals surface area contributed by atoms with Gasteiger partial charge in [-0.2, -0.15) is 5.26 Å². The number of ether oxygens (including phenoxy) is 2. The lowest BCUT2D eigenvalue weighted by atomic mass is 9.93. The van der Waals surface area contributed by atoms with Crippen LogP contribution in [0.5, 0.6) is 5.75 Å². The molecular formula is C22H22FN3O3. The Labute approximate surface area is 168 Å². The average molecular weight is 395 g/mol. The summed E-state index contributed by atoms with van der Waals surface area (Å²) in [5, 5.41) is 15.4. The van der Waals surface area contributed by atoms with Crippen LogP contribution in [0.3, 0.4) is 0 Å². The summed E-state index contributed by atoms with van der Waals surface area (Å²) in [4.78, 5) is 12.4. The van der Waals surface area contributed by atoms with Crippen molar-refractivity contribution >= 4 is 5.91 Å². The van der Waals surface area contributed by atoms with E-state index in [4.69, 9.17) is 9.47 Å². The Morgan fingerprint density at radius 3 is 3.03 bits per heavy atom. The molecule has 1 saturated heterocycles. The average Bonchev–Trinajstić information content (AvgIpc) is 3.02. The van der Waals surface area contributed by atoms with Gasteiger partial charge in [0.2, 0.25) is 0 Å². The highest BCUT2D eigenvalue weighted by molar-refractivity contribution is 5.81. The van der Waals surface area contributed by atoms with Gasteiger partial charge < -0.3 is 20.1 Å². The van der Waals surface area contributed by atoms with Gasteiger partial charge in [-0.3, -0.25) is 4.79 Å². The zero-order chi connectivity index (χ0) is 20.2. The molecule has 0 aromatic heterocycles. The second-order valence-electron chi connectivity index (χ2n) is 7.23. The molecule has 0 radical (unpaired) electrons. The maximum absolute atomic E-state index is 13.4. The molecule has 2 N–H and O–H groups in total. The SMILES string of the molecule is N#C[C@H](Cc1ccc2c(c1)COc1cc(F)ccc1-2)NC(=O)[C@@H]1CNCCCO1. The number of amides is 1. The minimum Gasteiger partial charge on any atom is -0.488 e. The molecule has 150 valence electrons. The number of benzene rings is 2. The van der Waals surface area contributed by atoms with E-state index in [0.717, 1.165) is 35.2 Å².